The number of nitrogens with zero attached hydrogens (tertiary/aromatic N) is 1. The van der Waals surface area contributed by atoms with E-state index in [0.717, 1.165) is 38.8 Å². The summed E-state index contributed by atoms with van der Waals surface area (Å²) in [4.78, 5) is 15.2. The van der Waals surface area contributed by atoms with Gasteiger partial charge in [-0.1, -0.05) is 50.6 Å². The smallest absolute Gasteiger partial charge is 0.226 e. The van der Waals surface area contributed by atoms with Crippen LogP contribution in [-0.2, 0) is 15.6 Å². The summed E-state index contributed by atoms with van der Waals surface area (Å²) in [6.07, 6.45) is 4.02. The minimum absolute atomic E-state index is 0.0536. The van der Waals surface area contributed by atoms with Crippen molar-refractivity contribution in [1.82, 2.24) is 4.90 Å². The van der Waals surface area contributed by atoms with Gasteiger partial charge in [0.2, 0.25) is 5.91 Å². The maximum absolute atomic E-state index is 13.1. The van der Waals surface area contributed by atoms with Crippen LogP contribution >= 0.6 is 0 Å². The zero-order valence-electron chi connectivity index (χ0n) is 17.4. The average Bonchev–Trinajstić information content (AvgIpc) is 3.06. The van der Waals surface area contributed by atoms with Gasteiger partial charge in [-0.15, -0.1) is 0 Å². The third-order valence-electron chi connectivity index (χ3n) is 6.95. The Balaban J connectivity index is 1.72. The first-order valence-electron chi connectivity index (χ1n) is 10.1. The molecule has 1 amide bonds. The summed E-state index contributed by atoms with van der Waals surface area (Å²) in [6.45, 7) is 15.2. The number of aryl methyl sites for hydroxylation is 1. The highest BCUT2D eigenvalue weighted by atomic mass is 28.4. The molecule has 2 saturated heterocycles. The standard InChI is InChI=1S/C22H35NO2Si/c1-17-8-10-18(11-9-17)14-19-15-22(12-7-13-23(22)20(19)24)16-25-26(5,6)21(2,3)4/h8-11,19H,7,12-16H2,1-6H3. The minimum Gasteiger partial charge on any atom is -0.414 e. The largest absolute Gasteiger partial charge is 0.414 e. The lowest BCUT2D eigenvalue weighted by atomic mass is 9.87. The van der Waals surface area contributed by atoms with Crippen LogP contribution in [0.25, 0.3) is 0 Å². The molecule has 0 bridgehead atoms. The molecule has 1 aromatic carbocycles. The molecule has 2 unspecified atom stereocenters. The molecule has 2 fully saturated rings. The fraction of sp³-hybridized carbons (Fsp3) is 0.682. The summed E-state index contributed by atoms with van der Waals surface area (Å²) >= 11 is 0. The van der Waals surface area contributed by atoms with Crippen LogP contribution in [0, 0.1) is 12.8 Å². The highest BCUT2D eigenvalue weighted by molar-refractivity contribution is 6.74. The summed E-state index contributed by atoms with van der Waals surface area (Å²) in [7, 11) is -1.80. The molecule has 1 aromatic rings. The number of benzene rings is 1. The number of carbonyl (C=O) groups is 1. The molecule has 2 aliphatic rings. The Morgan fingerprint density at radius 2 is 1.88 bits per heavy atom. The number of hydrogen-bond donors (Lipinski definition) is 0. The lowest BCUT2D eigenvalue weighted by Crippen LogP contribution is -2.50. The van der Waals surface area contributed by atoms with Crippen LogP contribution in [0.4, 0.5) is 0 Å². The van der Waals surface area contributed by atoms with Crippen molar-refractivity contribution in [3.8, 4) is 0 Å². The van der Waals surface area contributed by atoms with E-state index >= 15 is 0 Å². The Morgan fingerprint density at radius 3 is 2.50 bits per heavy atom. The van der Waals surface area contributed by atoms with Crippen molar-refractivity contribution >= 4 is 14.2 Å². The molecule has 0 aliphatic carbocycles. The number of rotatable bonds is 5. The molecule has 26 heavy (non-hydrogen) atoms. The van der Waals surface area contributed by atoms with Gasteiger partial charge in [-0.3, -0.25) is 4.79 Å². The van der Waals surface area contributed by atoms with Crippen LogP contribution in [0.2, 0.25) is 18.1 Å². The van der Waals surface area contributed by atoms with Crippen molar-refractivity contribution < 1.29 is 9.22 Å². The fourth-order valence-electron chi connectivity index (χ4n) is 4.17. The monoisotopic (exact) mass is 373 g/mol. The first-order chi connectivity index (χ1) is 12.0. The Kier molecular flexibility index (Phi) is 5.13. The van der Waals surface area contributed by atoms with Crippen LogP contribution in [-0.4, -0.2) is 37.8 Å². The summed E-state index contributed by atoms with van der Waals surface area (Å²) < 4.78 is 6.59. The predicted octanol–water partition coefficient (Wildman–Crippen LogP) is 4.94. The Labute approximate surface area is 160 Å². The van der Waals surface area contributed by atoms with E-state index in [-0.39, 0.29) is 16.5 Å². The number of carbonyl (C=O) groups excluding carboxylic acids is 1. The van der Waals surface area contributed by atoms with Crippen LogP contribution in [0.3, 0.4) is 0 Å². The van der Waals surface area contributed by atoms with E-state index in [1.54, 1.807) is 0 Å². The van der Waals surface area contributed by atoms with Gasteiger partial charge < -0.3 is 9.33 Å². The summed E-state index contributed by atoms with van der Waals surface area (Å²) in [5.41, 5.74) is 2.49. The maximum Gasteiger partial charge on any atom is 0.226 e. The molecule has 0 radical (unpaired) electrons. The van der Waals surface area contributed by atoms with Crippen LogP contribution < -0.4 is 0 Å². The van der Waals surface area contributed by atoms with E-state index in [1.165, 1.54) is 11.1 Å². The third kappa shape index (κ3) is 3.63. The van der Waals surface area contributed by atoms with Crippen LogP contribution in [0.1, 0.15) is 51.2 Å². The van der Waals surface area contributed by atoms with Crippen molar-refractivity contribution in [2.75, 3.05) is 13.2 Å². The second-order valence-corrected chi connectivity index (χ2v) is 14.8. The van der Waals surface area contributed by atoms with Crippen LogP contribution in [0.15, 0.2) is 24.3 Å². The third-order valence-corrected chi connectivity index (χ3v) is 11.4. The first kappa shape index (κ1) is 19.6. The quantitative estimate of drug-likeness (QED) is 0.684. The van der Waals surface area contributed by atoms with Crippen molar-refractivity contribution in [3.63, 3.8) is 0 Å². The molecule has 2 aliphatic heterocycles. The van der Waals surface area contributed by atoms with E-state index < -0.39 is 8.32 Å². The lowest BCUT2D eigenvalue weighted by Gasteiger charge is -2.40. The molecule has 0 N–H and O–H groups in total. The van der Waals surface area contributed by atoms with Crippen molar-refractivity contribution in [3.05, 3.63) is 35.4 Å². The van der Waals surface area contributed by atoms with Gasteiger partial charge in [-0.05, 0) is 56.3 Å². The molecule has 3 rings (SSSR count). The number of hydrogen-bond acceptors (Lipinski definition) is 2. The number of amides is 1. The summed E-state index contributed by atoms with van der Waals surface area (Å²) in [6, 6.07) is 8.63. The Morgan fingerprint density at radius 1 is 1.23 bits per heavy atom. The fourth-order valence-corrected chi connectivity index (χ4v) is 5.23. The molecular formula is C22H35NO2Si. The molecule has 0 aromatic heterocycles. The zero-order valence-corrected chi connectivity index (χ0v) is 18.4. The van der Waals surface area contributed by atoms with E-state index in [2.05, 4.69) is 70.0 Å². The molecular weight excluding hydrogens is 338 g/mol. The lowest BCUT2D eigenvalue weighted by molar-refractivity contribution is -0.133. The predicted molar refractivity (Wildman–Crippen MR) is 110 cm³/mol. The Hall–Kier alpha value is -1.13. The van der Waals surface area contributed by atoms with E-state index in [9.17, 15) is 4.79 Å². The minimum atomic E-state index is -1.80. The highest BCUT2D eigenvalue weighted by Gasteiger charge is 2.54. The number of fused-ring (bicyclic) bond motifs is 1. The van der Waals surface area contributed by atoms with Gasteiger partial charge in [0, 0.05) is 12.5 Å². The molecule has 2 atom stereocenters. The molecule has 3 nitrogen and oxygen atoms in total. The van der Waals surface area contributed by atoms with E-state index in [4.69, 9.17) is 4.43 Å². The molecule has 0 saturated carbocycles. The molecule has 0 spiro atoms. The molecule has 2 heterocycles. The SMILES string of the molecule is Cc1ccc(CC2CC3(CO[Si](C)(C)C(C)(C)C)CCCN3C2=O)cc1. The highest BCUT2D eigenvalue weighted by Crippen LogP contribution is 2.45. The summed E-state index contributed by atoms with van der Waals surface area (Å²) in [5, 5.41) is 0.205. The first-order valence-corrected chi connectivity index (χ1v) is 13.0. The van der Waals surface area contributed by atoms with Crippen molar-refractivity contribution in [2.45, 2.75) is 77.0 Å². The van der Waals surface area contributed by atoms with Gasteiger partial charge in [0.05, 0.1) is 12.1 Å². The van der Waals surface area contributed by atoms with Crippen molar-refractivity contribution in [1.29, 1.82) is 0 Å². The van der Waals surface area contributed by atoms with E-state index in [1.807, 2.05) is 0 Å². The van der Waals surface area contributed by atoms with Gasteiger partial charge in [-0.2, -0.15) is 0 Å². The van der Waals surface area contributed by atoms with Gasteiger partial charge in [0.1, 0.15) is 0 Å². The molecule has 144 valence electrons. The maximum atomic E-state index is 13.1. The summed E-state index contributed by atoms with van der Waals surface area (Å²) in [5.74, 6) is 0.461. The van der Waals surface area contributed by atoms with Crippen LogP contribution in [0.5, 0.6) is 0 Å². The van der Waals surface area contributed by atoms with E-state index in [0.29, 0.717) is 5.91 Å². The second-order valence-electron chi connectivity index (χ2n) is 9.96. The molecule has 4 heteroatoms. The zero-order chi connectivity index (χ0) is 19.2. The Bertz CT molecular complexity index is 662. The second kappa shape index (κ2) is 6.79. The van der Waals surface area contributed by atoms with Crippen molar-refractivity contribution in [2.24, 2.45) is 5.92 Å². The van der Waals surface area contributed by atoms with Gasteiger partial charge in [0.25, 0.3) is 0 Å². The topological polar surface area (TPSA) is 29.5 Å². The van der Waals surface area contributed by atoms with Gasteiger partial charge >= 0.3 is 0 Å². The van der Waals surface area contributed by atoms with Gasteiger partial charge in [-0.25, -0.2) is 0 Å². The normalized spacial score (nSPS) is 26.5. The average molecular weight is 374 g/mol. The van der Waals surface area contributed by atoms with Gasteiger partial charge in [0.15, 0.2) is 8.32 Å².